The van der Waals surface area contributed by atoms with Gasteiger partial charge in [-0.1, -0.05) is 51.9 Å². The standard InChI is InChI=1S/C16H28N2/c1-3-4-5-6-7-8-9-10-11-15-14(2)12-13-18-16(15)17/h12-13H,3-11H2,1-2H3,(H2,17,18). The molecule has 1 heterocycles. The molecule has 0 aliphatic carbocycles. The van der Waals surface area contributed by atoms with Crippen LogP contribution in [0.2, 0.25) is 0 Å². The van der Waals surface area contributed by atoms with Crippen LogP contribution < -0.4 is 5.73 Å². The van der Waals surface area contributed by atoms with Crippen molar-refractivity contribution < 1.29 is 0 Å². The lowest BCUT2D eigenvalue weighted by molar-refractivity contribution is 0.575. The molecule has 2 nitrogen and oxygen atoms in total. The molecule has 0 aliphatic heterocycles. The monoisotopic (exact) mass is 248 g/mol. The van der Waals surface area contributed by atoms with Crippen molar-refractivity contribution in [1.29, 1.82) is 0 Å². The Hall–Kier alpha value is -1.05. The molecule has 0 fully saturated rings. The number of nitrogens with zero attached hydrogens (tertiary/aromatic N) is 1. The highest BCUT2D eigenvalue weighted by molar-refractivity contribution is 5.43. The molecule has 0 aliphatic rings. The van der Waals surface area contributed by atoms with Crippen molar-refractivity contribution in [2.45, 2.75) is 71.6 Å². The Morgan fingerprint density at radius 2 is 1.61 bits per heavy atom. The fourth-order valence-electron chi connectivity index (χ4n) is 2.37. The zero-order valence-electron chi connectivity index (χ0n) is 12.0. The van der Waals surface area contributed by atoms with E-state index in [2.05, 4.69) is 24.9 Å². The molecule has 2 heteroatoms. The minimum absolute atomic E-state index is 0.720. The second kappa shape index (κ2) is 8.96. The first kappa shape index (κ1) is 15.0. The molecule has 0 bridgehead atoms. The smallest absolute Gasteiger partial charge is 0.126 e. The lowest BCUT2D eigenvalue weighted by atomic mass is 10.0. The summed E-state index contributed by atoms with van der Waals surface area (Å²) in [7, 11) is 0. The van der Waals surface area contributed by atoms with Crippen LogP contribution in [0.4, 0.5) is 5.82 Å². The Morgan fingerprint density at radius 3 is 2.22 bits per heavy atom. The lowest BCUT2D eigenvalue weighted by Crippen LogP contribution is -2.00. The van der Waals surface area contributed by atoms with E-state index in [1.165, 1.54) is 62.5 Å². The maximum atomic E-state index is 5.91. The summed E-state index contributed by atoms with van der Waals surface area (Å²) >= 11 is 0. The van der Waals surface area contributed by atoms with Gasteiger partial charge in [-0.25, -0.2) is 4.98 Å². The normalized spacial score (nSPS) is 10.8. The predicted octanol–water partition coefficient (Wildman–Crippen LogP) is 4.66. The summed E-state index contributed by atoms with van der Waals surface area (Å²) in [6, 6.07) is 2.05. The number of anilines is 1. The van der Waals surface area contributed by atoms with Gasteiger partial charge >= 0.3 is 0 Å². The van der Waals surface area contributed by atoms with Gasteiger partial charge in [-0.2, -0.15) is 0 Å². The minimum atomic E-state index is 0.720. The summed E-state index contributed by atoms with van der Waals surface area (Å²) in [5.41, 5.74) is 8.44. The van der Waals surface area contributed by atoms with Crippen molar-refractivity contribution in [3.05, 3.63) is 23.4 Å². The number of pyridine rings is 1. The lowest BCUT2D eigenvalue weighted by Gasteiger charge is -2.08. The van der Waals surface area contributed by atoms with Crippen molar-refractivity contribution in [3.8, 4) is 0 Å². The Morgan fingerprint density at radius 1 is 1.00 bits per heavy atom. The molecule has 0 amide bonds. The van der Waals surface area contributed by atoms with E-state index in [4.69, 9.17) is 5.73 Å². The largest absolute Gasteiger partial charge is 0.383 e. The van der Waals surface area contributed by atoms with E-state index in [0.717, 1.165) is 12.2 Å². The van der Waals surface area contributed by atoms with Crippen LogP contribution in [-0.2, 0) is 6.42 Å². The highest BCUT2D eigenvalue weighted by Crippen LogP contribution is 2.17. The van der Waals surface area contributed by atoms with Gasteiger partial charge in [0.1, 0.15) is 5.82 Å². The molecule has 0 saturated heterocycles. The molecule has 0 atom stereocenters. The van der Waals surface area contributed by atoms with Gasteiger partial charge in [0.15, 0.2) is 0 Å². The third-order valence-corrected chi connectivity index (χ3v) is 3.60. The number of unbranched alkanes of at least 4 members (excludes halogenated alkanes) is 7. The van der Waals surface area contributed by atoms with Crippen LogP contribution >= 0.6 is 0 Å². The first-order valence-electron chi connectivity index (χ1n) is 7.45. The van der Waals surface area contributed by atoms with Crippen LogP contribution in [0.25, 0.3) is 0 Å². The Balaban J connectivity index is 2.11. The van der Waals surface area contributed by atoms with Gasteiger partial charge in [-0.15, -0.1) is 0 Å². The molecular weight excluding hydrogens is 220 g/mol. The van der Waals surface area contributed by atoms with Crippen LogP contribution in [0.3, 0.4) is 0 Å². The maximum Gasteiger partial charge on any atom is 0.126 e. The first-order chi connectivity index (χ1) is 8.75. The first-order valence-corrected chi connectivity index (χ1v) is 7.45. The second-order valence-electron chi connectivity index (χ2n) is 5.22. The highest BCUT2D eigenvalue weighted by atomic mass is 14.8. The Bertz CT molecular complexity index is 314. The van der Waals surface area contributed by atoms with Crippen molar-refractivity contribution >= 4 is 5.82 Å². The number of nitrogens with two attached hydrogens (primary N) is 1. The van der Waals surface area contributed by atoms with E-state index in [1.807, 2.05) is 0 Å². The van der Waals surface area contributed by atoms with Gasteiger partial charge in [0.05, 0.1) is 0 Å². The van der Waals surface area contributed by atoms with E-state index in [0.29, 0.717) is 0 Å². The Kier molecular flexibility index (Phi) is 7.47. The van der Waals surface area contributed by atoms with Crippen LogP contribution in [0.15, 0.2) is 12.3 Å². The summed E-state index contributed by atoms with van der Waals surface area (Å²) in [4.78, 5) is 4.17. The van der Waals surface area contributed by atoms with Gasteiger partial charge in [0.2, 0.25) is 0 Å². The average molecular weight is 248 g/mol. The molecule has 18 heavy (non-hydrogen) atoms. The molecule has 1 aromatic heterocycles. The molecule has 0 unspecified atom stereocenters. The molecule has 0 aromatic carbocycles. The molecule has 1 aromatic rings. The molecular formula is C16H28N2. The number of hydrogen-bond donors (Lipinski definition) is 1. The van der Waals surface area contributed by atoms with E-state index in [1.54, 1.807) is 6.20 Å². The topological polar surface area (TPSA) is 38.9 Å². The molecule has 1 rings (SSSR count). The van der Waals surface area contributed by atoms with Gasteiger partial charge in [-0.05, 0) is 37.0 Å². The number of rotatable bonds is 9. The zero-order valence-corrected chi connectivity index (χ0v) is 12.0. The van der Waals surface area contributed by atoms with Crippen molar-refractivity contribution in [3.63, 3.8) is 0 Å². The van der Waals surface area contributed by atoms with E-state index >= 15 is 0 Å². The fourth-order valence-corrected chi connectivity index (χ4v) is 2.37. The van der Waals surface area contributed by atoms with Gasteiger partial charge in [0.25, 0.3) is 0 Å². The molecule has 2 N–H and O–H groups in total. The van der Waals surface area contributed by atoms with Crippen LogP contribution in [0.5, 0.6) is 0 Å². The maximum absolute atomic E-state index is 5.91. The number of nitrogen functional groups attached to an aromatic ring is 1. The molecule has 0 radical (unpaired) electrons. The van der Waals surface area contributed by atoms with Gasteiger partial charge in [0, 0.05) is 6.20 Å². The number of aryl methyl sites for hydroxylation is 1. The van der Waals surface area contributed by atoms with Crippen molar-refractivity contribution in [2.24, 2.45) is 0 Å². The summed E-state index contributed by atoms with van der Waals surface area (Å²) in [6.07, 6.45) is 13.7. The number of hydrogen-bond acceptors (Lipinski definition) is 2. The van der Waals surface area contributed by atoms with Crippen LogP contribution in [-0.4, -0.2) is 4.98 Å². The average Bonchev–Trinajstić information content (AvgIpc) is 2.35. The van der Waals surface area contributed by atoms with Gasteiger partial charge in [-0.3, -0.25) is 0 Å². The van der Waals surface area contributed by atoms with Crippen LogP contribution in [0, 0.1) is 6.92 Å². The van der Waals surface area contributed by atoms with Gasteiger partial charge < -0.3 is 5.73 Å². The SMILES string of the molecule is CCCCCCCCCCc1c(C)ccnc1N. The van der Waals surface area contributed by atoms with E-state index < -0.39 is 0 Å². The quantitative estimate of drug-likeness (QED) is 0.646. The fraction of sp³-hybridized carbons (Fsp3) is 0.688. The third-order valence-electron chi connectivity index (χ3n) is 3.60. The minimum Gasteiger partial charge on any atom is -0.383 e. The number of aromatic nitrogens is 1. The highest BCUT2D eigenvalue weighted by Gasteiger charge is 2.03. The molecule has 0 saturated carbocycles. The third kappa shape index (κ3) is 5.52. The Labute approximate surface area is 112 Å². The summed E-state index contributed by atoms with van der Waals surface area (Å²) in [5.74, 6) is 0.720. The summed E-state index contributed by atoms with van der Waals surface area (Å²) in [6.45, 7) is 4.39. The predicted molar refractivity (Wildman–Crippen MR) is 79.7 cm³/mol. The van der Waals surface area contributed by atoms with E-state index in [-0.39, 0.29) is 0 Å². The molecule has 102 valence electrons. The van der Waals surface area contributed by atoms with Crippen LogP contribution in [0.1, 0.15) is 69.4 Å². The van der Waals surface area contributed by atoms with Crippen molar-refractivity contribution in [1.82, 2.24) is 4.98 Å². The zero-order chi connectivity index (χ0) is 13.2. The molecule has 0 spiro atoms. The van der Waals surface area contributed by atoms with E-state index in [9.17, 15) is 0 Å². The summed E-state index contributed by atoms with van der Waals surface area (Å²) < 4.78 is 0. The summed E-state index contributed by atoms with van der Waals surface area (Å²) in [5, 5.41) is 0. The van der Waals surface area contributed by atoms with Crippen molar-refractivity contribution in [2.75, 3.05) is 5.73 Å². The second-order valence-corrected chi connectivity index (χ2v) is 5.22.